The fraction of sp³-hybridized carbons (Fsp3) is 0.350. The normalized spacial score (nSPS) is 10.5. The number of aromatic nitrogens is 1. The highest BCUT2D eigenvalue weighted by Crippen LogP contribution is 2.21. The van der Waals surface area contributed by atoms with Crippen LogP contribution in [-0.2, 0) is 23.0 Å². The number of carbonyl (C=O) groups excluding carboxylic acids is 3. The van der Waals surface area contributed by atoms with Crippen molar-refractivity contribution < 1.29 is 23.9 Å². The molecule has 1 aromatic heterocycles. The van der Waals surface area contributed by atoms with Crippen LogP contribution in [0, 0.1) is 13.8 Å². The molecule has 0 atom stereocenters. The van der Waals surface area contributed by atoms with Crippen molar-refractivity contribution in [1.82, 2.24) is 4.57 Å². The molecule has 0 aliphatic heterocycles. The highest BCUT2D eigenvalue weighted by atomic mass is 16.5. The average molecular weight is 357 g/mol. The molecule has 0 saturated carbocycles. The lowest BCUT2D eigenvalue weighted by atomic mass is 10.0. The number of hydrogen-bond acceptors (Lipinski definition) is 5. The maximum absolute atomic E-state index is 12.3. The summed E-state index contributed by atoms with van der Waals surface area (Å²) in [4.78, 5) is 35.9. The van der Waals surface area contributed by atoms with Gasteiger partial charge in [-0.1, -0.05) is 0 Å². The van der Waals surface area contributed by atoms with Crippen LogP contribution in [0.3, 0.4) is 0 Å². The first-order chi connectivity index (χ1) is 12.2. The summed E-state index contributed by atoms with van der Waals surface area (Å²) in [5.41, 5.74) is 3.38. The van der Waals surface area contributed by atoms with Crippen molar-refractivity contribution in [3.63, 3.8) is 0 Å². The predicted octanol–water partition coefficient (Wildman–Crippen LogP) is 2.82. The van der Waals surface area contributed by atoms with Gasteiger partial charge in [0.25, 0.3) is 0 Å². The van der Waals surface area contributed by atoms with E-state index < -0.39 is 5.97 Å². The minimum absolute atomic E-state index is 0.0790. The quantitative estimate of drug-likeness (QED) is 0.563. The molecule has 0 N–H and O–H groups in total. The first-order valence-electron chi connectivity index (χ1n) is 8.24. The van der Waals surface area contributed by atoms with E-state index in [-0.39, 0.29) is 24.6 Å². The summed E-state index contributed by atoms with van der Waals surface area (Å²) in [5, 5.41) is 0. The Kier molecular flexibility index (Phi) is 5.97. The van der Waals surface area contributed by atoms with E-state index in [0.717, 1.165) is 11.4 Å². The van der Waals surface area contributed by atoms with E-state index in [0.29, 0.717) is 22.4 Å². The van der Waals surface area contributed by atoms with E-state index in [2.05, 4.69) is 0 Å². The SMILES string of the molecule is COc1ccc(C(C)=O)cc1CC(=O)OCC(=O)c1cc(C)n(C)c1C. The number of ketones is 2. The summed E-state index contributed by atoms with van der Waals surface area (Å²) in [7, 11) is 3.36. The fourth-order valence-electron chi connectivity index (χ4n) is 2.70. The number of Topliss-reactive ketones (excluding diaryl/α,β-unsaturated/α-hetero) is 2. The molecular weight excluding hydrogens is 334 g/mol. The van der Waals surface area contributed by atoms with Crippen LogP contribution >= 0.6 is 0 Å². The number of ether oxygens (including phenoxy) is 2. The molecule has 6 nitrogen and oxygen atoms in total. The molecule has 6 heteroatoms. The van der Waals surface area contributed by atoms with Crippen LogP contribution in [0.4, 0.5) is 0 Å². The molecule has 1 heterocycles. The zero-order valence-corrected chi connectivity index (χ0v) is 15.7. The minimum atomic E-state index is -0.553. The van der Waals surface area contributed by atoms with Gasteiger partial charge in [-0.05, 0) is 45.0 Å². The van der Waals surface area contributed by atoms with E-state index in [1.807, 2.05) is 25.5 Å². The molecule has 1 aromatic carbocycles. The van der Waals surface area contributed by atoms with Gasteiger partial charge in [-0.3, -0.25) is 14.4 Å². The fourth-order valence-corrected chi connectivity index (χ4v) is 2.70. The van der Waals surface area contributed by atoms with Gasteiger partial charge < -0.3 is 14.0 Å². The van der Waals surface area contributed by atoms with Gasteiger partial charge in [-0.25, -0.2) is 0 Å². The molecule has 0 bridgehead atoms. The van der Waals surface area contributed by atoms with Gasteiger partial charge in [0.1, 0.15) is 5.75 Å². The number of carbonyl (C=O) groups is 3. The van der Waals surface area contributed by atoms with Crippen molar-refractivity contribution in [3.8, 4) is 5.75 Å². The Morgan fingerprint density at radius 1 is 1.12 bits per heavy atom. The minimum Gasteiger partial charge on any atom is -0.496 e. The molecular formula is C20H23NO5. The van der Waals surface area contributed by atoms with E-state index >= 15 is 0 Å². The van der Waals surface area contributed by atoms with E-state index in [4.69, 9.17) is 9.47 Å². The van der Waals surface area contributed by atoms with Crippen molar-refractivity contribution in [2.75, 3.05) is 13.7 Å². The van der Waals surface area contributed by atoms with Crippen molar-refractivity contribution in [1.29, 1.82) is 0 Å². The Labute approximate surface area is 152 Å². The molecule has 0 saturated heterocycles. The van der Waals surface area contributed by atoms with Gasteiger partial charge in [-0.2, -0.15) is 0 Å². The van der Waals surface area contributed by atoms with Crippen LogP contribution in [0.1, 0.15) is 44.6 Å². The second-order valence-corrected chi connectivity index (χ2v) is 6.19. The van der Waals surface area contributed by atoms with Gasteiger partial charge in [0.15, 0.2) is 12.4 Å². The third kappa shape index (κ3) is 4.20. The molecule has 0 amide bonds. The molecule has 0 aliphatic rings. The van der Waals surface area contributed by atoms with E-state index in [1.54, 1.807) is 24.3 Å². The van der Waals surface area contributed by atoms with Crippen LogP contribution in [0.5, 0.6) is 5.75 Å². The van der Waals surface area contributed by atoms with Gasteiger partial charge in [-0.15, -0.1) is 0 Å². The van der Waals surface area contributed by atoms with Crippen molar-refractivity contribution in [3.05, 3.63) is 52.3 Å². The average Bonchev–Trinajstić information content (AvgIpc) is 2.87. The van der Waals surface area contributed by atoms with Gasteiger partial charge in [0, 0.05) is 35.1 Å². The number of hydrogen-bond donors (Lipinski definition) is 0. The number of benzene rings is 1. The highest BCUT2D eigenvalue weighted by Gasteiger charge is 2.17. The molecule has 0 spiro atoms. The molecule has 0 unspecified atom stereocenters. The lowest BCUT2D eigenvalue weighted by Gasteiger charge is -2.10. The Hall–Kier alpha value is -2.89. The number of aryl methyl sites for hydroxylation is 1. The van der Waals surface area contributed by atoms with Gasteiger partial charge in [0.2, 0.25) is 5.78 Å². The predicted molar refractivity (Wildman–Crippen MR) is 96.9 cm³/mol. The lowest BCUT2D eigenvalue weighted by molar-refractivity contribution is -0.141. The molecule has 0 fully saturated rings. The molecule has 0 radical (unpaired) electrons. The second kappa shape index (κ2) is 7.99. The first kappa shape index (κ1) is 19.4. The number of methoxy groups -OCH3 is 1. The number of nitrogens with zero attached hydrogens (tertiary/aromatic N) is 1. The molecule has 2 aromatic rings. The number of rotatable bonds is 7. The lowest BCUT2D eigenvalue weighted by Crippen LogP contribution is -2.16. The van der Waals surface area contributed by atoms with Gasteiger partial charge >= 0.3 is 5.97 Å². The largest absolute Gasteiger partial charge is 0.496 e. The van der Waals surface area contributed by atoms with Crippen molar-refractivity contribution in [2.24, 2.45) is 7.05 Å². The maximum Gasteiger partial charge on any atom is 0.310 e. The van der Waals surface area contributed by atoms with Crippen LogP contribution in [-0.4, -0.2) is 35.8 Å². The smallest absolute Gasteiger partial charge is 0.310 e. The zero-order chi connectivity index (χ0) is 19.4. The zero-order valence-electron chi connectivity index (χ0n) is 15.7. The molecule has 26 heavy (non-hydrogen) atoms. The summed E-state index contributed by atoms with van der Waals surface area (Å²) in [5.74, 6) is -0.410. The Bertz CT molecular complexity index is 863. The summed E-state index contributed by atoms with van der Waals surface area (Å²) in [6.07, 6.45) is -0.0790. The Morgan fingerprint density at radius 3 is 2.35 bits per heavy atom. The Morgan fingerprint density at radius 2 is 1.81 bits per heavy atom. The van der Waals surface area contributed by atoms with Gasteiger partial charge in [0.05, 0.1) is 13.5 Å². The number of esters is 1. The summed E-state index contributed by atoms with van der Waals surface area (Å²) in [6.45, 7) is 4.88. The molecule has 2 rings (SSSR count). The third-order valence-electron chi connectivity index (χ3n) is 4.46. The van der Waals surface area contributed by atoms with Crippen LogP contribution in [0.15, 0.2) is 24.3 Å². The molecule has 138 valence electrons. The van der Waals surface area contributed by atoms with Crippen LogP contribution < -0.4 is 4.74 Å². The highest BCUT2D eigenvalue weighted by molar-refractivity contribution is 5.99. The van der Waals surface area contributed by atoms with Crippen molar-refractivity contribution >= 4 is 17.5 Å². The van der Waals surface area contributed by atoms with Crippen LogP contribution in [0.25, 0.3) is 0 Å². The Balaban J connectivity index is 2.05. The standard InChI is InChI=1S/C20H23NO5/c1-12-8-17(13(2)21(12)4)18(23)11-26-20(24)10-16-9-15(14(3)22)6-7-19(16)25-5/h6-9H,10-11H2,1-5H3. The third-order valence-corrected chi connectivity index (χ3v) is 4.46. The summed E-state index contributed by atoms with van der Waals surface area (Å²) in [6, 6.07) is 6.67. The maximum atomic E-state index is 12.3. The van der Waals surface area contributed by atoms with Crippen molar-refractivity contribution in [2.45, 2.75) is 27.2 Å². The van der Waals surface area contributed by atoms with E-state index in [1.165, 1.54) is 14.0 Å². The van der Waals surface area contributed by atoms with E-state index in [9.17, 15) is 14.4 Å². The topological polar surface area (TPSA) is 74.6 Å². The first-order valence-corrected chi connectivity index (χ1v) is 8.24. The second-order valence-electron chi connectivity index (χ2n) is 6.19. The monoisotopic (exact) mass is 357 g/mol. The summed E-state index contributed by atoms with van der Waals surface area (Å²) < 4.78 is 12.3. The molecule has 0 aliphatic carbocycles. The summed E-state index contributed by atoms with van der Waals surface area (Å²) >= 11 is 0. The van der Waals surface area contributed by atoms with Crippen LogP contribution in [0.2, 0.25) is 0 Å².